The van der Waals surface area contributed by atoms with Crippen molar-refractivity contribution in [2.24, 2.45) is 5.92 Å². The normalized spacial score (nSPS) is 25.4. The van der Waals surface area contributed by atoms with Crippen LogP contribution >= 0.6 is 0 Å². The van der Waals surface area contributed by atoms with Gasteiger partial charge in [-0.3, -0.25) is 0 Å². The van der Waals surface area contributed by atoms with Crippen LogP contribution in [-0.4, -0.2) is 12.6 Å². The fourth-order valence-electron chi connectivity index (χ4n) is 2.60. The molecule has 0 saturated heterocycles. The maximum Gasteiger partial charge on any atom is 0.00788 e. The quantitative estimate of drug-likeness (QED) is 0.811. The third kappa shape index (κ3) is 3.10. The van der Waals surface area contributed by atoms with Gasteiger partial charge in [0.2, 0.25) is 0 Å². The van der Waals surface area contributed by atoms with Gasteiger partial charge in [-0.05, 0) is 49.3 Å². The second-order valence-corrected chi connectivity index (χ2v) is 5.64. The summed E-state index contributed by atoms with van der Waals surface area (Å²) in [6, 6.07) is 9.59. The Morgan fingerprint density at radius 3 is 2.65 bits per heavy atom. The Labute approximate surface area is 106 Å². The van der Waals surface area contributed by atoms with E-state index in [9.17, 15) is 0 Å². The van der Waals surface area contributed by atoms with Gasteiger partial charge in [0, 0.05) is 6.04 Å². The van der Waals surface area contributed by atoms with Crippen LogP contribution in [0.25, 0.3) is 0 Å². The lowest BCUT2D eigenvalue weighted by molar-refractivity contribution is 0.277. The van der Waals surface area contributed by atoms with Crippen molar-refractivity contribution in [3.63, 3.8) is 0 Å². The van der Waals surface area contributed by atoms with Crippen LogP contribution in [0.2, 0.25) is 0 Å². The summed E-state index contributed by atoms with van der Waals surface area (Å²) in [5, 5.41) is 3.69. The first kappa shape index (κ1) is 12.6. The molecule has 1 aliphatic rings. The maximum atomic E-state index is 3.69. The first-order chi connectivity index (χ1) is 8.20. The zero-order chi connectivity index (χ0) is 12.3. The Morgan fingerprint density at radius 1 is 1.29 bits per heavy atom. The van der Waals surface area contributed by atoms with Gasteiger partial charge in [-0.25, -0.2) is 0 Å². The van der Waals surface area contributed by atoms with Crippen LogP contribution in [0.3, 0.4) is 0 Å². The summed E-state index contributed by atoms with van der Waals surface area (Å²) in [6.45, 7) is 8.00. The molecule has 2 rings (SSSR count). The fraction of sp³-hybridized carbons (Fsp3) is 0.625. The standard InChI is InChI=1S/C16H25N/c1-4-12(2)11-17-15-9-14(10-15)16-8-6-5-7-13(16)3/h5-8,12,14-15,17H,4,9-11H2,1-3H3. The number of hydrogen-bond donors (Lipinski definition) is 1. The summed E-state index contributed by atoms with van der Waals surface area (Å²) in [7, 11) is 0. The minimum Gasteiger partial charge on any atom is -0.314 e. The molecule has 1 aliphatic carbocycles. The maximum absolute atomic E-state index is 3.69. The van der Waals surface area contributed by atoms with Crippen molar-refractivity contribution in [3.05, 3.63) is 35.4 Å². The second kappa shape index (κ2) is 5.68. The Balaban J connectivity index is 1.77. The van der Waals surface area contributed by atoms with Crippen LogP contribution in [0, 0.1) is 12.8 Å². The molecule has 1 unspecified atom stereocenters. The molecule has 1 N–H and O–H groups in total. The number of hydrogen-bond acceptors (Lipinski definition) is 1. The van der Waals surface area contributed by atoms with E-state index in [0.29, 0.717) is 0 Å². The van der Waals surface area contributed by atoms with Crippen molar-refractivity contribution in [3.8, 4) is 0 Å². The van der Waals surface area contributed by atoms with Gasteiger partial charge in [0.25, 0.3) is 0 Å². The Morgan fingerprint density at radius 2 is 2.00 bits per heavy atom. The molecule has 1 aromatic carbocycles. The van der Waals surface area contributed by atoms with Crippen molar-refractivity contribution in [2.75, 3.05) is 6.54 Å². The predicted octanol–water partition coefficient (Wildman–Crippen LogP) is 3.88. The largest absolute Gasteiger partial charge is 0.314 e. The van der Waals surface area contributed by atoms with Gasteiger partial charge < -0.3 is 5.32 Å². The van der Waals surface area contributed by atoms with Crippen LogP contribution in [-0.2, 0) is 0 Å². The highest BCUT2D eigenvalue weighted by atomic mass is 14.9. The average molecular weight is 231 g/mol. The van der Waals surface area contributed by atoms with Gasteiger partial charge in [-0.1, -0.05) is 44.5 Å². The molecule has 0 amide bonds. The molecular weight excluding hydrogens is 206 g/mol. The molecule has 1 aromatic rings. The van der Waals surface area contributed by atoms with Gasteiger partial charge in [-0.15, -0.1) is 0 Å². The summed E-state index contributed by atoms with van der Waals surface area (Å²) in [4.78, 5) is 0. The highest BCUT2D eigenvalue weighted by molar-refractivity contribution is 5.31. The van der Waals surface area contributed by atoms with Crippen LogP contribution < -0.4 is 5.32 Å². The van der Waals surface area contributed by atoms with Crippen molar-refractivity contribution in [1.82, 2.24) is 5.32 Å². The number of benzene rings is 1. The molecular formula is C16H25N. The van der Waals surface area contributed by atoms with Crippen molar-refractivity contribution in [2.45, 2.75) is 52.0 Å². The summed E-state index contributed by atoms with van der Waals surface area (Å²) in [5.41, 5.74) is 3.02. The van der Waals surface area contributed by atoms with E-state index in [1.807, 2.05) is 0 Å². The van der Waals surface area contributed by atoms with E-state index in [0.717, 1.165) is 17.9 Å². The van der Waals surface area contributed by atoms with E-state index < -0.39 is 0 Å². The molecule has 17 heavy (non-hydrogen) atoms. The lowest BCUT2D eigenvalue weighted by Gasteiger charge is -2.37. The lowest BCUT2D eigenvalue weighted by Crippen LogP contribution is -2.42. The summed E-state index contributed by atoms with van der Waals surface area (Å²) >= 11 is 0. The molecule has 0 aliphatic heterocycles. The third-order valence-electron chi connectivity index (χ3n) is 4.22. The zero-order valence-corrected chi connectivity index (χ0v) is 11.4. The predicted molar refractivity (Wildman–Crippen MR) is 74.4 cm³/mol. The van der Waals surface area contributed by atoms with Crippen molar-refractivity contribution in [1.29, 1.82) is 0 Å². The number of rotatable bonds is 5. The van der Waals surface area contributed by atoms with Crippen LogP contribution in [0.15, 0.2) is 24.3 Å². The molecule has 1 saturated carbocycles. The van der Waals surface area contributed by atoms with E-state index in [2.05, 4.69) is 50.4 Å². The molecule has 94 valence electrons. The highest BCUT2D eigenvalue weighted by Crippen LogP contribution is 2.38. The second-order valence-electron chi connectivity index (χ2n) is 5.64. The van der Waals surface area contributed by atoms with Gasteiger partial charge in [0.15, 0.2) is 0 Å². The van der Waals surface area contributed by atoms with Crippen LogP contribution in [0.1, 0.15) is 50.2 Å². The Kier molecular flexibility index (Phi) is 4.22. The zero-order valence-electron chi connectivity index (χ0n) is 11.4. The average Bonchev–Trinajstić information content (AvgIpc) is 2.28. The monoisotopic (exact) mass is 231 g/mol. The van der Waals surface area contributed by atoms with E-state index >= 15 is 0 Å². The van der Waals surface area contributed by atoms with Crippen LogP contribution in [0.5, 0.6) is 0 Å². The summed E-state index contributed by atoms with van der Waals surface area (Å²) < 4.78 is 0. The molecule has 0 radical (unpaired) electrons. The highest BCUT2D eigenvalue weighted by Gasteiger charge is 2.30. The minimum atomic E-state index is 0.758. The molecule has 1 atom stereocenters. The fourth-order valence-corrected chi connectivity index (χ4v) is 2.60. The van der Waals surface area contributed by atoms with Gasteiger partial charge in [-0.2, -0.15) is 0 Å². The molecule has 0 aromatic heterocycles. The molecule has 0 bridgehead atoms. The van der Waals surface area contributed by atoms with Crippen molar-refractivity contribution >= 4 is 0 Å². The molecule has 1 heteroatoms. The summed E-state index contributed by atoms with van der Waals surface area (Å²) in [6.07, 6.45) is 3.92. The third-order valence-corrected chi connectivity index (χ3v) is 4.22. The first-order valence-corrected chi connectivity index (χ1v) is 6.99. The first-order valence-electron chi connectivity index (χ1n) is 6.99. The van der Waals surface area contributed by atoms with E-state index in [1.54, 1.807) is 5.56 Å². The SMILES string of the molecule is CCC(C)CNC1CC(c2ccccc2C)C1. The molecule has 0 heterocycles. The van der Waals surface area contributed by atoms with Gasteiger partial charge >= 0.3 is 0 Å². The topological polar surface area (TPSA) is 12.0 Å². The lowest BCUT2D eigenvalue weighted by atomic mass is 9.74. The molecule has 1 nitrogen and oxygen atoms in total. The summed E-state index contributed by atoms with van der Waals surface area (Å²) in [5.74, 6) is 1.61. The Hall–Kier alpha value is -0.820. The van der Waals surface area contributed by atoms with Gasteiger partial charge in [0.1, 0.15) is 0 Å². The number of nitrogens with one attached hydrogen (secondary N) is 1. The van der Waals surface area contributed by atoms with E-state index in [4.69, 9.17) is 0 Å². The Bertz CT molecular complexity index is 352. The van der Waals surface area contributed by atoms with Gasteiger partial charge in [0.05, 0.1) is 0 Å². The van der Waals surface area contributed by atoms with Crippen LogP contribution in [0.4, 0.5) is 0 Å². The molecule has 0 spiro atoms. The van der Waals surface area contributed by atoms with Crippen molar-refractivity contribution < 1.29 is 0 Å². The van der Waals surface area contributed by atoms with E-state index in [-0.39, 0.29) is 0 Å². The smallest absolute Gasteiger partial charge is 0.00788 e. The van der Waals surface area contributed by atoms with E-state index in [1.165, 1.54) is 31.4 Å². The number of aryl methyl sites for hydroxylation is 1. The molecule has 1 fully saturated rings. The minimum absolute atomic E-state index is 0.758.